The quantitative estimate of drug-likeness (QED) is 0.354. The molecule has 0 aliphatic carbocycles. The fraction of sp³-hybridized carbons (Fsp3) is 0.368. The van der Waals surface area contributed by atoms with Gasteiger partial charge in [0, 0.05) is 54.1 Å². The van der Waals surface area contributed by atoms with Gasteiger partial charge < -0.3 is 14.6 Å². The number of benzene rings is 1. The second kappa shape index (κ2) is 7.77. The molecule has 1 saturated heterocycles. The minimum atomic E-state index is -0.286. The molecule has 1 aliphatic heterocycles. The van der Waals surface area contributed by atoms with Gasteiger partial charge in [0.1, 0.15) is 5.01 Å². The molecule has 142 valence electrons. The highest BCUT2D eigenvalue weighted by atomic mass is 32.1. The Labute approximate surface area is 161 Å². The molecule has 3 aromatic rings. The predicted molar refractivity (Wildman–Crippen MR) is 107 cm³/mol. The molecule has 1 aromatic carbocycles. The summed E-state index contributed by atoms with van der Waals surface area (Å²) in [6.45, 7) is 5.35. The zero-order chi connectivity index (χ0) is 18.8. The summed E-state index contributed by atoms with van der Waals surface area (Å²) in [5, 5.41) is 7.26. The highest BCUT2D eigenvalue weighted by Crippen LogP contribution is 2.30. The number of nitrogens with two attached hydrogens (primary N) is 1. The van der Waals surface area contributed by atoms with Crippen molar-refractivity contribution in [1.82, 2.24) is 20.3 Å². The first-order valence-electron chi connectivity index (χ1n) is 9.10. The summed E-state index contributed by atoms with van der Waals surface area (Å²) in [5.41, 5.74) is 5.86. The predicted octanol–water partition coefficient (Wildman–Crippen LogP) is 1.92. The molecule has 0 radical (unpaired) electrons. The topological polar surface area (TPSA) is 94.2 Å². The van der Waals surface area contributed by atoms with Crippen LogP contribution >= 0.6 is 11.3 Å². The summed E-state index contributed by atoms with van der Waals surface area (Å²) in [6, 6.07) is 6.12. The fourth-order valence-electron chi connectivity index (χ4n) is 3.47. The Bertz CT molecular complexity index is 958. The third-order valence-corrected chi connectivity index (χ3v) is 5.78. The van der Waals surface area contributed by atoms with Gasteiger partial charge in [-0.25, -0.2) is 10.8 Å². The second-order valence-electron chi connectivity index (χ2n) is 6.58. The number of carbonyl (C=O) groups excluding carboxylic acids is 1. The number of ether oxygens (including phenoxy) is 1. The molecule has 1 amide bonds. The largest absolute Gasteiger partial charge is 0.375 e. The summed E-state index contributed by atoms with van der Waals surface area (Å²) in [4.78, 5) is 16.9. The first-order valence-corrected chi connectivity index (χ1v) is 9.98. The van der Waals surface area contributed by atoms with E-state index in [1.165, 1.54) is 0 Å². The molecule has 0 bridgehead atoms. The molecule has 4 rings (SSSR count). The van der Waals surface area contributed by atoms with Gasteiger partial charge in [-0.2, -0.15) is 0 Å². The normalized spacial score (nSPS) is 17.3. The van der Waals surface area contributed by atoms with Crippen LogP contribution in [0.3, 0.4) is 0 Å². The molecule has 3 heterocycles. The summed E-state index contributed by atoms with van der Waals surface area (Å²) >= 11 is 1.61. The Kier molecular flexibility index (Phi) is 5.22. The smallest absolute Gasteiger partial charge is 0.267 e. The number of nitrogen functional groups attached to an aromatic ring is 1. The molecule has 7 nitrogen and oxygen atoms in total. The zero-order valence-electron chi connectivity index (χ0n) is 15.2. The maximum Gasteiger partial charge on any atom is 0.267 e. The van der Waals surface area contributed by atoms with Gasteiger partial charge in [0.25, 0.3) is 5.91 Å². The van der Waals surface area contributed by atoms with Gasteiger partial charge in [-0.1, -0.05) is 0 Å². The van der Waals surface area contributed by atoms with Crippen molar-refractivity contribution in [2.75, 3.05) is 19.7 Å². The number of nitrogens with one attached hydrogen (secondary N) is 2. The molecule has 2 aromatic heterocycles. The Balaban J connectivity index is 1.64. The molecular formula is C19H23N5O2S. The van der Waals surface area contributed by atoms with Gasteiger partial charge in [-0.3, -0.25) is 10.2 Å². The van der Waals surface area contributed by atoms with Crippen molar-refractivity contribution in [3.05, 3.63) is 41.0 Å². The highest BCUT2D eigenvalue weighted by molar-refractivity contribution is 7.13. The molecule has 27 heavy (non-hydrogen) atoms. The van der Waals surface area contributed by atoms with Crippen LogP contribution in [-0.4, -0.2) is 41.3 Å². The van der Waals surface area contributed by atoms with Gasteiger partial charge >= 0.3 is 0 Å². The Morgan fingerprint density at radius 3 is 3.15 bits per heavy atom. The van der Waals surface area contributed by atoms with Crippen LogP contribution in [0.2, 0.25) is 0 Å². The van der Waals surface area contributed by atoms with Crippen molar-refractivity contribution >= 4 is 28.1 Å². The molecule has 1 aliphatic rings. The molecule has 0 saturated carbocycles. The van der Waals surface area contributed by atoms with Crippen LogP contribution in [0.25, 0.3) is 21.5 Å². The minimum absolute atomic E-state index is 0.176. The van der Waals surface area contributed by atoms with Gasteiger partial charge in [-0.15, -0.1) is 11.3 Å². The molecule has 0 spiro atoms. The number of carbonyl (C=O) groups is 1. The van der Waals surface area contributed by atoms with Crippen LogP contribution in [0.15, 0.2) is 29.8 Å². The maximum atomic E-state index is 12.1. The number of rotatable bonds is 5. The van der Waals surface area contributed by atoms with Crippen LogP contribution in [0.5, 0.6) is 0 Å². The Morgan fingerprint density at radius 2 is 2.41 bits per heavy atom. The molecule has 1 fully saturated rings. The lowest BCUT2D eigenvalue weighted by molar-refractivity contribution is 0.0287. The minimum Gasteiger partial charge on any atom is -0.375 e. The van der Waals surface area contributed by atoms with E-state index in [0.29, 0.717) is 5.56 Å². The zero-order valence-corrected chi connectivity index (χ0v) is 16.0. The van der Waals surface area contributed by atoms with E-state index in [1.54, 1.807) is 11.3 Å². The van der Waals surface area contributed by atoms with Crippen LogP contribution in [0, 0.1) is 0 Å². The Morgan fingerprint density at radius 1 is 1.52 bits per heavy atom. The fourth-order valence-corrected chi connectivity index (χ4v) is 4.30. The Hall–Kier alpha value is -2.26. The van der Waals surface area contributed by atoms with Gasteiger partial charge in [0.05, 0.1) is 24.0 Å². The van der Waals surface area contributed by atoms with Crippen molar-refractivity contribution in [3.8, 4) is 10.6 Å². The molecule has 1 atom stereocenters. The highest BCUT2D eigenvalue weighted by Gasteiger charge is 2.18. The number of fused-ring (bicyclic) bond motifs is 1. The standard InChI is InChI=1S/C19H23N5O2S/c1-2-24-10-16(18(25)23-20)15-7-12(3-4-17(15)24)19-22-13(11-27-19)8-14-9-21-5-6-26-14/h3-4,7,10-11,14,21H,2,5-6,8-9,20H2,1H3,(H,23,25). The van der Waals surface area contributed by atoms with Crippen LogP contribution in [0.4, 0.5) is 0 Å². The average molecular weight is 385 g/mol. The van der Waals surface area contributed by atoms with Gasteiger partial charge in [-0.05, 0) is 25.1 Å². The van der Waals surface area contributed by atoms with Crippen molar-refractivity contribution in [2.24, 2.45) is 5.84 Å². The van der Waals surface area contributed by atoms with E-state index < -0.39 is 0 Å². The van der Waals surface area contributed by atoms with E-state index in [9.17, 15) is 4.79 Å². The average Bonchev–Trinajstić information content (AvgIpc) is 3.32. The lowest BCUT2D eigenvalue weighted by atomic mass is 10.1. The first kappa shape index (κ1) is 18.1. The van der Waals surface area contributed by atoms with Crippen LogP contribution in [-0.2, 0) is 17.7 Å². The van der Waals surface area contributed by atoms with E-state index in [1.807, 2.05) is 29.8 Å². The lowest BCUT2D eigenvalue weighted by Crippen LogP contribution is -2.39. The molecule has 4 N–H and O–H groups in total. The maximum absolute atomic E-state index is 12.1. The van der Waals surface area contributed by atoms with Gasteiger partial charge in [0.2, 0.25) is 0 Å². The number of amides is 1. The van der Waals surface area contributed by atoms with E-state index >= 15 is 0 Å². The van der Waals surface area contributed by atoms with Crippen LogP contribution < -0.4 is 16.6 Å². The SMILES string of the molecule is CCn1cc(C(=O)NN)c2cc(-c3nc(CC4CNCCO4)cs3)ccc21. The van der Waals surface area contributed by atoms with E-state index in [0.717, 1.165) is 59.8 Å². The van der Waals surface area contributed by atoms with Crippen LogP contribution in [0.1, 0.15) is 23.0 Å². The number of thiazole rings is 1. The summed E-state index contributed by atoms with van der Waals surface area (Å²) in [6.07, 6.45) is 2.82. The van der Waals surface area contributed by atoms with Crippen molar-refractivity contribution in [3.63, 3.8) is 0 Å². The number of hydrazine groups is 1. The van der Waals surface area contributed by atoms with E-state index in [2.05, 4.69) is 22.2 Å². The molecule has 8 heteroatoms. The third-order valence-electron chi connectivity index (χ3n) is 4.84. The summed E-state index contributed by atoms with van der Waals surface area (Å²) < 4.78 is 7.81. The number of aromatic nitrogens is 2. The third kappa shape index (κ3) is 3.61. The molecular weight excluding hydrogens is 362 g/mol. The molecule has 1 unspecified atom stereocenters. The summed E-state index contributed by atoms with van der Waals surface area (Å²) in [7, 11) is 0. The van der Waals surface area contributed by atoms with E-state index in [4.69, 9.17) is 15.6 Å². The summed E-state index contributed by atoms with van der Waals surface area (Å²) in [5.74, 6) is 5.07. The second-order valence-corrected chi connectivity index (χ2v) is 7.44. The lowest BCUT2D eigenvalue weighted by Gasteiger charge is -2.22. The number of hydrogen-bond acceptors (Lipinski definition) is 6. The number of hydrogen-bond donors (Lipinski definition) is 3. The van der Waals surface area contributed by atoms with Gasteiger partial charge in [0.15, 0.2) is 0 Å². The number of aryl methyl sites for hydroxylation is 1. The number of morpholine rings is 1. The van der Waals surface area contributed by atoms with Crippen molar-refractivity contribution < 1.29 is 9.53 Å². The number of nitrogens with zero attached hydrogens (tertiary/aromatic N) is 2. The van der Waals surface area contributed by atoms with E-state index in [-0.39, 0.29) is 12.0 Å². The first-order chi connectivity index (χ1) is 13.2. The monoisotopic (exact) mass is 385 g/mol. The van der Waals surface area contributed by atoms with Crippen molar-refractivity contribution in [2.45, 2.75) is 26.0 Å². The van der Waals surface area contributed by atoms with Crippen molar-refractivity contribution in [1.29, 1.82) is 0 Å².